The van der Waals surface area contributed by atoms with E-state index in [-0.39, 0.29) is 16.5 Å². The number of nitro groups is 1. The SMILES string of the molecule is COc1ccc([N+](=O)[O-])cc1NC(=S)N[C@@H](NC(=O)C(c1ccccc1)c1ccccc1)C(Cl)(Cl)Cl. The quantitative estimate of drug-likeness (QED) is 0.108. The predicted octanol–water partition coefficient (Wildman–Crippen LogP) is 5.53. The Labute approximate surface area is 228 Å². The van der Waals surface area contributed by atoms with Gasteiger partial charge in [-0.25, -0.2) is 0 Å². The second-order valence-corrected chi connectivity index (χ2v) is 10.3. The van der Waals surface area contributed by atoms with Gasteiger partial charge >= 0.3 is 0 Å². The van der Waals surface area contributed by atoms with Crippen LogP contribution >= 0.6 is 47.0 Å². The van der Waals surface area contributed by atoms with Gasteiger partial charge in [-0.05, 0) is 29.4 Å². The summed E-state index contributed by atoms with van der Waals surface area (Å²) in [6.07, 6.45) is -1.25. The van der Waals surface area contributed by atoms with Gasteiger partial charge in [-0.3, -0.25) is 14.9 Å². The number of hydrogen-bond acceptors (Lipinski definition) is 5. The number of halogens is 3. The van der Waals surface area contributed by atoms with E-state index in [4.69, 9.17) is 51.8 Å². The number of hydrogen-bond donors (Lipinski definition) is 3. The van der Waals surface area contributed by atoms with E-state index in [1.807, 2.05) is 60.7 Å². The number of anilines is 1. The highest BCUT2D eigenvalue weighted by Gasteiger charge is 2.37. The number of nitrogens with one attached hydrogen (secondary N) is 3. The number of carbonyl (C=O) groups excluding carboxylic acids is 1. The highest BCUT2D eigenvalue weighted by atomic mass is 35.6. The molecule has 0 spiro atoms. The smallest absolute Gasteiger partial charge is 0.271 e. The number of methoxy groups -OCH3 is 1. The van der Waals surface area contributed by atoms with Crippen LogP contribution in [-0.4, -0.2) is 33.0 Å². The first-order chi connectivity index (χ1) is 17.1. The van der Waals surface area contributed by atoms with E-state index in [1.54, 1.807) is 0 Å². The third kappa shape index (κ3) is 7.20. The van der Waals surface area contributed by atoms with E-state index in [1.165, 1.54) is 25.3 Å². The maximum atomic E-state index is 13.5. The van der Waals surface area contributed by atoms with Gasteiger partial charge in [0.2, 0.25) is 9.70 Å². The topological polar surface area (TPSA) is 106 Å². The number of nitro benzene ring substituents is 1. The predicted molar refractivity (Wildman–Crippen MR) is 146 cm³/mol. The summed E-state index contributed by atoms with van der Waals surface area (Å²) in [7, 11) is 1.40. The van der Waals surface area contributed by atoms with Gasteiger partial charge < -0.3 is 20.7 Å². The zero-order valence-corrected chi connectivity index (χ0v) is 21.9. The molecule has 12 heteroatoms. The van der Waals surface area contributed by atoms with E-state index in [2.05, 4.69) is 16.0 Å². The Kier molecular flexibility index (Phi) is 9.33. The van der Waals surface area contributed by atoms with Crippen molar-refractivity contribution in [3.05, 3.63) is 100 Å². The summed E-state index contributed by atoms with van der Waals surface area (Å²) in [6.45, 7) is 0. The van der Waals surface area contributed by atoms with Crippen LogP contribution in [0.25, 0.3) is 0 Å². The lowest BCUT2D eigenvalue weighted by molar-refractivity contribution is -0.384. The summed E-state index contributed by atoms with van der Waals surface area (Å²) in [6, 6.07) is 22.3. The van der Waals surface area contributed by atoms with Crippen LogP contribution in [0.3, 0.4) is 0 Å². The molecule has 3 N–H and O–H groups in total. The van der Waals surface area contributed by atoms with Crippen molar-refractivity contribution in [3.63, 3.8) is 0 Å². The second kappa shape index (κ2) is 12.2. The van der Waals surface area contributed by atoms with Crippen LogP contribution in [0.15, 0.2) is 78.9 Å². The van der Waals surface area contributed by atoms with Crippen molar-refractivity contribution in [1.29, 1.82) is 0 Å². The minimum absolute atomic E-state index is 0.0682. The zero-order chi connectivity index (χ0) is 26.3. The van der Waals surface area contributed by atoms with Gasteiger partial charge in [-0.1, -0.05) is 95.5 Å². The lowest BCUT2D eigenvalue weighted by Gasteiger charge is -2.30. The third-order valence-corrected chi connectivity index (χ3v) is 5.93. The van der Waals surface area contributed by atoms with Crippen LogP contribution in [0.2, 0.25) is 0 Å². The molecule has 0 aliphatic rings. The van der Waals surface area contributed by atoms with E-state index in [9.17, 15) is 14.9 Å². The number of alkyl halides is 3. The standard InChI is InChI=1S/C24H21Cl3N4O4S/c1-35-19-13-12-17(31(33)34)14-18(19)28-23(36)30-22(24(25,26)27)29-21(32)20(15-8-4-2-5-9-15)16-10-6-3-7-11-16/h2-14,20,22H,1H3,(H,29,32)(H2,28,30,36)/t22-/m1/s1. The molecule has 0 fully saturated rings. The van der Waals surface area contributed by atoms with Crippen molar-refractivity contribution < 1.29 is 14.5 Å². The zero-order valence-electron chi connectivity index (χ0n) is 18.8. The van der Waals surface area contributed by atoms with Crippen LogP contribution < -0.4 is 20.7 Å². The molecule has 1 atom stereocenters. The lowest BCUT2D eigenvalue weighted by Crippen LogP contribution is -2.57. The molecule has 0 bridgehead atoms. The summed E-state index contributed by atoms with van der Waals surface area (Å²) in [5.41, 5.74) is 1.52. The molecule has 3 rings (SSSR count). The summed E-state index contributed by atoms with van der Waals surface area (Å²) in [4.78, 5) is 24.1. The molecule has 3 aromatic carbocycles. The Bertz CT molecular complexity index is 1190. The molecule has 8 nitrogen and oxygen atoms in total. The molecule has 0 aliphatic carbocycles. The van der Waals surface area contributed by atoms with E-state index < -0.39 is 26.7 Å². The molecule has 0 heterocycles. The van der Waals surface area contributed by atoms with Gasteiger partial charge in [-0.2, -0.15) is 0 Å². The molecule has 0 saturated carbocycles. The Balaban J connectivity index is 1.83. The number of carbonyl (C=O) groups is 1. The first-order valence-corrected chi connectivity index (χ1v) is 12.0. The van der Waals surface area contributed by atoms with Crippen LogP contribution in [-0.2, 0) is 4.79 Å². The maximum Gasteiger partial charge on any atom is 0.271 e. The first-order valence-electron chi connectivity index (χ1n) is 10.5. The summed E-state index contributed by atoms with van der Waals surface area (Å²) in [5.74, 6) is -0.832. The highest BCUT2D eigenvalue weighted by molar-refractivity contribution is 7.80. The largest absolute Gasteiger partial charge is 0.495 e. The fourth-order valence-electron chi connectivity index (χ4n) is 3.41. The second-order valence-electron chi connectivity index (χ2n) is 7.48. The van der Waals surface area contributed by atoms with Gasteiger partial charge in [0.05, 0.1) is 23.6 Å². The molecule has 3 aromatic rings. The normalized spacial score (nSPS) is 11.9. The van der Waals surface area contributed by atoms with Gasteiger partial charge in [0.15, 0.2) is 5.11 Å². The van der Waals surface area contributed by atoms with Gasteiger partial charge in [-0.15, -0.1) is 0 Å². The highest BCUT2D eigenvalue weighted by Crippen LogP contribution is 2.32. The Morgan fingerprint density at radius 2 is 1.53 bits per heavy atom. The molecule has 36 heavy (non-hydrogen) atoms. The number of thiocarbonyl (C=S) groups is 1. The van der Waals surface area contributed by atoms with Crippen LogP contribution in [0, 0.1) is 10.1 Å². The number of amides is 1. The van der Waals surface area contributed by atoms with Gasteiger partial charge in [0, 0.05) is 12.1 Å². The molecule has 0 unspecified atom stereocenters. The van der Waals surface area contributed by atoms with Crippen molar-refractivity contribution in [2.24, 2.45) is 0 Å². The third-order valence-electron chi connectivity index (χ3n) is 5.06. The van der Waals surface area contributed by atoms with E-state index in [0.29, 0.717) is 5.75 Å². The molecule has 1 amide bonds. The van der Waals surface area contributed by atoms with E-state index >= 15 is 0 Å². The molecule has 188 valence electrons. The van der Waals surface area contributed by atoms with Crippen molar-refractivity contribution >= 4 is 69.4 Å². The molecule has 0 aromatic heterocycles. The first kappa shape index (κ1) is 27.5. The van der Waals surface area contributed by atoms with Crippen LogP contribution in [0.5, 0.6) is 5.75 Å². The van der Waals surface area contributed by atoms with E-state index in [0.717, 1.165) is 11.1 Å². The molecule has 0 radical (unpaired) electrons. The van der Waals surface area contributed by atoms with Crippen LogP contribution in [0.1, 0.15) is 17.0 Å². The average Bonchev–Trinajstić information content (AvgIpc) is 2.84. The number of nitrogens with zero attached hydrogens (tertiary/aromatic N) is 1. The summed E-state index contributed by atoms with van der Waals surface area (Å²) < 4.78 is 3.22. The van der Waals surface area contributed by atoms with Gasteiger partial charge in [0.25, 0.3) is 5.69 Å². The number of rotatable bonds is 8. The summed E-state index contributed by atoms with van der Waals surface area (Å²) in [5, 5.41) is 19.4. The molecule has 0 saturated heterocycles. The Morgan fingerprint density at radius 3 is 2.00 bits per heavy atom. The minimum Gasteiger partial charge on any atom is -0.495 e. The van der Waals surface area contributed by atoms with Gasteiger partial charge in [0.1, 0.15) is 11.9 Å². The number of ether oxygens (including phenoxy) is 1. The molecular formula is C24H21Cl3N4O4S. The number of non-ortho nitro benzene ring substituents is 1. The van der Waals surface area contributed by atoms with Crippen LogP contribution in [0.4, 0.5) is 11.4 Å². The lowest BCUT2D eigenvalue weighted by atomic mass is 9.90. The van der Waals surface area contributed by atoms with Crippen molar-refractivity contribution in [2.75, 3.05) is 12.4 Å². The van der Waals surface area contributed by atoms with Crippen molar-refractivity contribution in [2.45, 2.75) is 15.9 Å². The monoisotopic (exact) mass is 566 g/mol. The Morgan fingerprint density at radius 1 is 0.972 bits per heavy atom. The maximum absolute atomic E-state index is 13.5. The fourth-order valence-corrected chi connectivity index (χ4v) is 3.96. The fraction of sp³-hybridized carbons (Fsp3) is 0.167. The Hall–Kier alpha value is -3.11. The average molecular weight is 568 g/mol. The van der Waals surface area contributed by atoms with Crippen molar-refractivity contribution in [3.8, 4) is 5.75 Å². The summed E-state index contributed by atoms with van der Waals surface area (Å²) >= 11 is 23.8. The number of benzene rings is 3. The minimum atomic E-state index is -2.01. The molecular weight excluding hydrogens is 547 g/mol. The molecule has 0 aliphatic heterocycles. The van der Waals surface area contributed by atoms with Crippen molar-refractivity contribution in [1.82, 2.24) is 10.6 Å².